The number of carboxylic acid groups (broad SMARTS) is 1. The number of nitrogens with one attached hydrogen (secondary N) is 2. The molecule has 2 atom stereocenters. The van der Waals surface area contributed by atoms with Crippen LogP contribution in [0.15, 0.2) is 48.5 Å². The molecule has 0 aliphatic carbocycles. The van der Waals surface area contributed by atoms with Crippen molar-refractivity contribution < 1.29 is 14.6 Å². The predicted octanol–water partition coefficient (Wildman–Crippen LogP) is 2.86. The highest BCUT2D eigenvalue weighted by atomic mass is 16.5. The average Bonchev–Trinajstić information content (AvgIpc) is 2.99. The number of fused-ring (bicyclic) bond motifs is 3. The molecule has 0 bridgehead atoms. The number of hydrogen-bond donors (Lipinski definition) is 3. The van der Waals surface area contributed by atoms with Crippen molar-refractivity contribution in [2.45, 2.75) is 18.5 Å². The molecule has 1 aliphatic rings. The van der Waals surface area contributed by atoms with Crippen LogP contribution in [0, 0.1) is 0 Å². The van der Waals surface area contributed by atoms with Crippen molar-refractivity contribution in [2.75, 3.05) is 7.11 Å². The van der Waals surface area contributed by atoms with Gasteiger partial charge in [0.25, 0.3) is 0 Å². The van der Waals surface area contributed by atoms with Crippen molar-refractivity contribution in [2.24, 2.45) is 0 Å². The number of para-hydroxylation sites is 2. The molecule has 2 heterocycles. The van der Waals surface area contributed by atoms with Crippen molar-refractivity contribution in [3.8, 4) is 5.75 Å². The number of H-pyrrole nitrogens is 1. The molecule has 24 heavy (non-hydrogen) atoms. The van der Waals surface area contributed by atoms with Gasteiger partial charge in [0.15, 0.2) is 0 Å². The molecule has 0 amide bonds. The second-order valence-corrected chi connectivity index (χ2v) is 6.00. The number of hydrogen-bond acceptors (Lipinski definition) is 3. The molecule has 122 valence electrons. The summed E-state index contributed by atoms with van der Waals surface area (Å²) >= 11 is 0. The third-order valence-corrected chi connectivity index (χ3v) is 4.66. The van der Waals surface area contributed by atoms with Gasteiger partial charge >= 0.3 is 5.97 Å². The van der Waals surface area contributed by atoms with E-state index < -0.39 is 12.0 Å². The van der Waals surface area contributed by atoms with Crippen LogP contribution in [0.5, 0.6) is 5.75 Å². The number of aromatic amines is 1. The number of carbonyl (C=O) groups is 1. The molecule has 4 rings (SSSR count). The molecule has 1 aromatic heterocycles. The molecule has 3 N–H and O–H groups in total. The Labute approximate surface area is 139 Å². The Kier molecular flexibility index (Phi) is 3.50. The van der Waals surface area contributed by atoms with E-state index in [0.717, 1.165) is 33.5 Å². The van der Waals surface area contributed by atoms with E-state index in [1.54, 1.807) is 7.11 Å². The quantitative estimate of drug-likeness (QED) is 0.693. The Morgan fingerprint density at radius 3 is 2.71 bits per heavy atom. The minimum Gasteiger partial charge on any atom is -0.496 e. The largest absolute Gasteiger partial charge is 0.496 e. The van der Waals surface area contributed by atoms with Crippen molar-refractivity contribution >= 4 is 16.9 Å². The molecule has 0 saturated heterocycles. The normalized spacial score (nSPS) is 19.9. The van der Waals surface area contributed by atoms with Gasteiger partial charge in [0.05, 0.1) is 13.2 Å². The highest BCUT2D eigenvalue weighted by Gasteiger charge is 2.34. The van der Waals surface area contributed by atoms with E-state index in [9.17, 15) is 9.90 Å². The second kappa shape index (κ2) is 5.69. The number of aromatic nitrogens is 1. The number of methoxy groups -OCH3 is 1. The lowest BCUT2D eigenvalue weighted by Gasteiger charge is -2.30. The van der Waals surface area contributed by atoms with E-state index in [0.29, 0.717) is 6.42 Å². The highest BCUT2D eigenvalue weighted by Crippen LogP contribution is 2.38. The van der Waals surface area contributed by atoms with Crippen LogP contribution in [0.2, 0.25) is 0 Å². The summed E-state index contributed by atoms with van der Waals surface area (Å²) in [5, 5.41) is 13.9. The molecule has 0 fully saturated rings. The number of aliphatic carboxylic acids is 1. The van der Waals surface area contributed by atoms with Crippen molar-refractivity contribution in [3.63, 3.8) is 0 Å². The van der Waals surface area contributed by atoms with Crippen LogP contribution in [0.3, 0.4) is 0 Å². The smallest absolute Gasteiger partial charge is 0.321 e. The van der Waals surface area contributed by atoms with Gasteiger partial charge in [-0.25, -0.2) is 0 Å². The van der Waals surface area contributed by atoms with Gasteiger partial charge in [0.1, 0.15) is 11.8 Å². The van der Waals surface area contributed by atoms with E-state index in [4.69, 9.17) is 4.74 Å². The standard InChI is InChI=1S/C19H18N2O3/c1-24-16-9-5-3-7-12(16)17-18-13(10-15(21-17)19(22)23)11-6-2-4-8-14(11)20-18/h2-9,15,17,20-21H,10H2,1H3,(H,22,23)/t15-,17-/m1/s1. The zero-order valence-electron chi connectivity index (χ0n) is 13.2. The van der Waals surface area contributed by atoms with Gasteiger partial charge in [-0.3, -0.25) is 10.1 Å². The molecule has 2 aromatic carbocycles. The first-order valence-electron chi connectivity index (χ1n) is 7.90. The third kappa shape index (κ3) is 2.25. The SMILES string of the molecule is COc1ccccc1[C@H]1N[C@@H](C(=O)O)Cc2c1[nH]c1ccccc21. The Balaban J connectivity index is 1.93. The maximum absolute atomic E-state index is 11.6. The summed E-state index contributed by atoms with van der Waals surface area (Å²) in [7, 11) is 1.63. The van der Waals surface area contributed by atoms with E-state index in [1.165, 1.54) is 0 Å². The Morgan fingerprint density at radius 2 is 1.92 bits per heavy atom. The maximum atomic E-state index is 11.6. The minimum atomic E-state index is -0.842. The van der Waals surface area contributed by atoms with E-state index in [1.807, 2.05) is 48.5 Å². The van der Waals surface area contributed by atoms with Crippen LogP contribution in [0.4, 0.5) is 0 Å². The van der Waals surface area contributed by atoms with Crippen LogP contribution in [-0.2, 0) is 11.2 Å². The lowest BCUT2D eigenvalue weighted by Crippen LogP contribution is -2.45. The van der Waals surface area contributed by atoms with E-state index in [2.05, 4.69) is 10.3 Å². The average molecular weight is 322 g/mol. The summed E-state index contributed by atoms with van der Waals surface area (Å²) in [6.07, 6.45) is 0.459. The Bertz CT molecular complexity index is 916. The molecule has 3 aromatic rings. The van der Waals surface area contributed by atoms with Gasteiger partial charge in [-0.1, -0.05) is 36.4 Å². The van der Waals surface area contributed by atoms with Crippen LogP contribution in [0.1, 0.15) is 22.9 Å². The zero-order valence-corrected chi connectivity index (χ0v) is 13.2. The Hall–Kier alpha value is -2.79. The maximum Gasteiger partial charge on any atom is 0.321 e. The monoisotopic (exact) mass is 322 g/mol. The van der Waals surface area contributed by atoms with Gasteiger partial charge in [0.2, 0.25) is 0 Å². The summed E-state index contributed by atoms with van der Waals surface area (Å²) in [5.41, 5.74) is 4.03. The molecule has 0 saturated carbocycles. The van der Waals surface area contributed by atoms with E-state index >= 15 is 0 Å². The summed E-state index contributed by atoms with van der Waals surface area (Å²) < 4.78 is 5.48. The minimum absolute atomic E-state index is 0.251. The first-order chi connectivity index (χ1) is 11.7. The summed E-state index contributed by atoms with van der Waals surface area (Å²) in [6.45, 7) is 0. The van der Waals surface area contributed by atoms with Crippen LogP contribution >= 0.6 is 0 Å². The lowest BCUT2D eigenvalue weighted by molar-refractivity contribution is -0.139. The van der Waals surface area contributed by atoms with Crippen molar-refractivity contribution in [1.29, 1.82) is 0 Å². The Morgan fingerprint density at radius 1 is 1.17 bits per heavy atom. The number of rotatable bonds is 3. The first kappa shape index (κ1) is 14.8. The third-order valence-electron chi connectivity index (χ3n) is 4.66. The van der Waals surface area contributed by atoms with Gasteiger partial charge in [-0.15, -0.1) is 0 Å². The highest BCUT2D eigenvalue weighted by molar-refractivity contribution is 5.87. The molecule has 1 aliphatic heterocycles. The van der Waals surface area contributed by atoms with Gasteiger partial charge in [-0.2, -0.15) is 0 Å². The topological polar surface area (TPSA) is 74.3 Å². The van der Waals surface area contributed by atoms with Crippen molar-refractivity contribution in [1.82, 2.24) is 10.3 Å². The molecule has 0 spiro atoms. The fourth-order valence-electron chi connectivity index (χ4n) is 3.54. The lowest BCUT2D eigenvalue weighted by atomic mass is 9.90. The first-order valence-corrected chi connectivity index (χ1v) is 7.90. The van der Waals surface area contributed by atoms with E-state index in [-0.39, 0.29) is 6.04 Å². The van der Waals surface area contributed by atoms with Crippen LogP contribution < -0.4 is 10.1 Å². The van der Waals surface area contributed by atoms with Gasteiger partial charge < -0.3 is 14.8 Å². The number of benzene rings is 2. The van der Waals surface area contributed by atoms with Crippen LogP contribution in [-0.4, -0.2) is 29.2 Å². The zero-order chi connectivity index (χ0) is 16.7. The molecular formula is C19H18N2O3. The van der Waals surface area contributed by atoms with Crippen LogP contribution in [0.25, 0.3) is 10.9 Å². The summed E-state index contributed by atoms with van der Waals surface area (Å²) in [5.74, 6) is -0.100. The van der Waals surface area contributed by atoms with Gasteiger partial charge in [0, 0.05) is 28.6 Å². The molecule has 0 unspecified atom stereocenters. The second-order valence-electron chi connectivity index (χ2n) is 6.00. The summed E-state index contributed by atoms with van der Waals surface area (Å²) in [6, 6.07) is 14.8. The fourth-order valence-corrected chi connectivity index (χ4v) is 3.54. The molecule has 5 nitrogen and oxygen atoms in total. The summed E-state index contributed by atoms with van der Waals surface area (Å²) in [4.78, 5) is 15.1. The molecule has 5 heteroatoms. The number of carboxylic acids is 1. The van der Waals surface area contributed by atoms with Crippen molar-refractivity contribution in [3.05, 3.63) is 65.4 Å². The number of ether oxygens (including phenoxy) is 1. The van der Waals surface area contributed by atoms with Gasteiger partial charge in [-0.05, 0) is 17.7 Å². The molecule has 0 radical (unpaired) electrons. The predicted molar refractivity (Wildman–Crippen MR) is 91.4 cm³/mol. The molecular weight excluding hydrogens is 304 g/mol. The fraction of sp³-hybridized carbons (Fsp3) is 0.211.